The van der Waals surface area contributed by atoms with Crippen molar-refractivity contribution in [3.05, 3.63) is 29.3 Å². The van der Waals surface area contributed by atoms with Crippen molar-refractivity contribution >= 4 is 35.0 Å². The maximum Gasteiger partial charge on any atom is 0.335 e. The van der Waals surface area contributed by atoms with Gasteiger partial charge in [-0.15, -0.1) is 0 Å². The van der Waals surface area contributed by atoms with E-state index in [1.54, 1.807) is 0 Å². The van der Waals surface area contributed by atoms with Gasteiger partial charge in [-0.05, 0) is 36.0 Å². The van der Waals surface area contributed by atoms with Gasteiger partial charge in [0.05, 0.1) is 12.0 Å². The number of hydrogen-bond donors (Lipinski definition) is 4. The van der Waals surface area contributed by atoms with Gasteiger partial charge >= 0.3 is 11.9 Å². The van der Waals surface area contributed by atoms with E-state index in [9.17, 15) is 9.59 Å². The normalized spacial score (nSPS) is 9.65. The lowest BCUT2D eigenvalue weighted by Crippen LogP contribution is -2.20. The predicted octanol–water partition coefficient (Wildman–Crippen LogP) is 0.667. The number of anilines is 1. The van der Waals surface area contributed by atoms with Gasteiger partial charge in [0.25, 0.3) is 0 Å². The third kappa shape index (κ3) is 3.72. The van der Waals surface area contributed by atoms with Crippen LogP contribution in [0.4, 0.5) is 5.69 Å². The fraction of sp³-hybridized carbons (Fsp3) is 0.100. The monoisotopic (exact) mass is 254 g/mol. The molecule has 1 rings (SSSR count). The Kier molecular flexibility index (Phi) is 4.00. The zero-order chi connectivity index (χ0) is 13.0. The molecule has 0 heterocycles. The van der Waals surface area contributed by atoms with Gasteiger partial charge in [-0.1, -0.05) is 0 Å². The first-order valence-electron chi connectivity index (χ1n) is 4.54. The molecular weight excluding hydrogens is 244 g/mol. The number of carboxylic acids is 2. The van der Waals surface area contributed by atoms with Crippen molar-refractivity contribution in [2.24, 2.45) is 5.73 Å². The fourth-order valence-electron chi connectivity index (χ4n) is 1.29. The summed E-state index contributed by atoms with van der Waals surface area (Å²) in [5.74, 6) is -2.20. The first-order valence-corrected chi connectivity index (χ1v) is 4.95. The number of carbonyl (C=O) groups is 2. The largest absolute Gasteiger partial charge is 0.481 e. The maximum absolute atomic E-state index is 10.8. The summed E-state index contributed by atoms with van der Waals surface area (Å²) >= 11 is 4.64. The number of carboxylic acid groups (broad SMARTS) is 2. The molecule has 6 nitrogen and oxygen atoms in total. The number of hydrogen-bond acceptors (Lipinski definition) is 3. The molecule has 0 fully saturated rings. The van der Waals surface area contributed by atoms with E-state index in [0.29, 0.717) is 11.3 Å². The number of rotatable bonds is 4. The average molecular weight is 254 g/mol. The Hall–Kier alpha value is -2.15. The summed E-state index contributed by atoms with van der Waals surface area (Å²) < 4.78 is 0. The molecule has 0 radical (unpaired) electrons. The molecule has 1 aromatic carbocycles. The Morgan fingerprint density at radius 3 is 2.47 bits per heavy atom. The van der Waals surface area contributed by atoms with E-state index in [1.165, 1.54) is 18.2 Å². The van der Waals surface area contributed by atoms with Gasteiger partial charge in [-0.25, -0.2) is 4.79 Å². The topological polar surface area (TPSA) is 113 Å². The molecule has 0 saturated carbocycles. The van der Waals surface area contributed by atoms with E-state index in [2.05, 4.69) is 17.5 Å². The highest BCUT2D eigenvalue weighted by atomic mass is 32.1. The molecule has 0 aromatic heterocycles. The SMILES string of the molecule is NC(=S)Nc1ccc(C(=O)O)cc1CC(=O)O. The summed E-state index contributed by atoms with van der Waals surface area (Å²) in [5, 5.41) is 20.1. The van der Waals surface area contributed by atoms with Gasteiger partial charge in [0.1, 0.15) is 0 Å². The van der Waals surface area contributed by atoms with Crippen molar-refractivity contribution in [3.8, 4) is 0 Å². The third-order valence-electron chi connectivity index (χ3n) is 1.95. The van der Waals surface area contributed by atoms with Crippen molar-refractivity contribution < 1.29 is 19.8 Å². The van der Waals surface area contributed by atoms with Crippen molar-refractivity contribution in [2.45, 2.75) is 6.42 Å². The van der Waals surface area contributed by atoms with Crippen LogP contribution in [0.1, 0.15) is 15.9 Å². The van der Waals surface area contributed by atoms with Crippen LogP contribution in [0.3, 0.4) is 0 Å². The Morgan fingerprint density at radius 2 is 2.00 bits per heavy atom. The molecule has 0 aliphatic rings. The summed E-state index contributed by atoms with van der Waals surface area (Å²) in [6.07, 6.45) is -0.313. The van der Waals surface area contributed by atoms with Crippen molar-refractivity contribution in [3.63, 3.8) is 0 Å². The first kappa shape index (κ1) is 12.9. The second-order valence-corrected chi connectivity index (χ2v) is 3.68. The van der Waals surface area contributed by atoms with E-state index in [-0.39, 0.29) is 17.1 Å². The Morgan fingerprint density at radius 1 is 1.35 bits per heavy atom. The molecule has 5 N–H and O–H groups in total. The van der Waals surface area contributed by atoms with Crippen LogP contribution in [-0.2, 0) is 11.2 Å². The van der Waals surface area contributed by atoms with Gasteiger partial charge in [-0.3, -0.25) is 4.79 Å². The number of benzene rings is 1. The van der Waals surface area contributed by atoms with E-state index >= 15 is 0 Å². The summed E-state index contributed by atoms with van der Waals surface area (Å²) in [5.41, 5.74) is 5.99. The van der Waals surface area contributed by atoms with Crippen LogP contribution in [0, 0.1) is 0 Å². The van der Waals surface area contributed by atoms with Crippen molar-refractivity contribution in [1.29, 1.82) is 0 Å². The van der Waals surface area contributed by atoms with E-state index in [1.807, 2.05) is 0 Å². The highest BCUT2D eigenvalue weighted by Crippen LogP contribution is 2.18. The maximum atomic E-state index is 10.8. The molecule has 0 bridgehead atoms. The molecule has 17 heavy (non-hydrogen) atoms. The third-order valence-corrected chi connectivity index (χ3v) is 2.05. The van der Waals surface area contributed by atoms with Gasteiger partial charge in [-0.2, -0.15) is 0 Å². The highest BCUT2D eigenvalue weighted by Gasteiger charge is 2.11. The molecule has 0 saturated heterocycles. The molecular formula is C10H10N2O4S. The van der Waals surface area contributed by atoms with Crippen molar-refractivity contribution in [2.75, 3.05) is 5.32 Å². The standard InChI is InChI=1S/C10H10N2O4S/c11-10(17)12-7-2-1-5(9(15)16)3-6(7)4-8(13)14/h1-3H,4H2,(H,13,14)(H,15,16)(H3,11,12,17). The number of nitrogens with two attached hydrogens (primary N) is 1. The molecule has 0 aliphatic heterocycles. The Labute approximate surface area is 102 Å². The minimum atomic E-state index is -1.13. The second kappa shape index (κ2) is 5.26. The summed E-state index contributed by atoms with van der Waals surface area (Å²) in [7, 11) is 0. The molecule has 0 amide bonds. The molecule has 0 aliphatic carbocycles. The average Bonchev–Trinajstić information content (AvgIpc) is 2.18. The van der Waals surface area contributed by atoms with Crippen LogP contribution in [0.15, 0.2) is 18.2 Å². The smallest absolute Gasteiger partial charge is 0.335 e. The van der Waals surface area contributed by atoms with Crippen LogP contribution in [0.25, 0.3) is 0 Å². The first-order chi connectivity index (χ1) is 7.90. The summed E-state index contributed by atoms with van der Waals surface area (Å²) in [6.45, 7) is 0. The molecule has 90 valence electrons. The lowest BCUT2D eigenvalue weighted by atomic mass is 10.1. The summed E-state index contributed by atoms with van der Waals surface area (Å²) in [4.78, 5) is 21.4. The number of nitrogens with one attached hydrogen (secondary N) is 1. The van der Waals surface area contributed by atoms with E-state index in [4.69, 9.17) is 15.9 Å². The highest BCUT2D eigenvalue weighted by molar-refractivity contribution is 7.80. The molecule has 0 unspecified atom stereocenters. The van der Waals surface area contributed by atoms with E-state index in [0.717, 1.165) is 0 Å². The number of thiocarbonyl (C=S) groups is 1. The number of aliphatic carboxylic acids is 1. The molecule has 0 atom stereocenters. The lowest BCUT2D eigenvalue weighted by Gasteiger charge is -2.10. The zero-order valence-corrected chi connectivity index (χ0v) is 9.45. The Bertz CT molecular complexity index is 487. The molecule has 7 heteroatoms. The molecule has 1 aromatic rings. The molecule has 0 spiro atoms. The minimum Gasteiger partial charge on any atom is -0.481 e. The Balaban J connectivity index is 3.15. The van der Waals surface area contributed by atoms with Gasteiger partial charge in [0, 0.05) is 5.69 Å². The summed E-state index contributed by atoms with van der Waals surface area (Å²) in [6, 6.07) is 4.05. The minimum absolute atomic E-state index is 0.00902. The fourth-order valence-corrected chi connectivity index (χ4v) is 1.40. The second-order valence-electron chi connectivity index (χ2n) is 3.24. The van der Waals surface area contributed by atoms with Gasteiger partial charge in [0.15, 0.2) is 5.11 Å². The van der Waals surface area contributed by atoms with Crippen molar-refractivity contribution in [1.82, 2.24) is 0 Å². The quantitative estimate of drug-likeness (QED) is 0.584. The number of aromatic carboxylic acids is 1. The lowest BCUT2D eigenvalue weighted by molar-refractivity contribution is -0.136. The van der Waals surface area contributed by atoms with Crippen LogP contribution >= 0.6 is 12.2 Å². The zero-order valence-electron chi connectivity index (χ0n) is 8.64. The van der Waals surface area contributed by atoms with Gasteiger partial charge in [0.2, 0.25) is 0 Å². The van der Waals surface area contributed by atoms with Crippen LogP contribution in [0.5, 0.6) is 0 Å². The van der Waals surface area contributed by atoms with Crippen LogP contribution in [0.2, 0.25) is 0 Å². The van der Waals surface area contributed by atoms with E-state index < -0.39 is 11.9 Å². The van der Waals surface area contributed by atoms with Crippen LogP contribution < -0.4 is 11.1 Å². The van der Waals surface area contributed by atoms with Crippen LogP contribution in [-0.4, -0.2) is 27.3 Å². The predicted molar refractivity (Wildman–Crippen MR) is 65.1 cm³/mol. The van der Waals surface area contributed by atoms with Gasteiger partial charge < -0.3 is 21.3 Å².